The predicted octanol–water partition coefficient (Wildman–Crippen LogP) is 3.49. The van der Waals surface area contributed by atoms with E-state index in [9.17, 15) is 9.59 Å². The lowest BCUT2D eigenvalue weighted by Gasteiger charge is -2.54. The van der Waals surface area contributed by atoms with Gasteiger partial charge in [-0.15, -0.1) is 11.8 Å². The first-order valence-electron chi connectivity index (χ1n) is 14.7. The maximum atomic E-state index is 15.5. The van der Waals surface area contributed by atoms with Gasteiger partial charge in [0.25, 0.3) is 12.2 Å². The molecule has 11 heteroatoms. The number of benzene rings is 2. The smallest absolute Gasteiger partial charge is 0.304 e. The molecule has 4 bridgehead atoms. The summed E-state index contributed by atoms with van der Waals surface area (Å²) < 4.78 is 30.8. The van der Waals surface area contributed by atoms with Gasteiger partial charge in [0.2, 0.25) is 5.72 Å². The first-order valence-corrected chi connectivity index (χ1v) is 15.6. The van der Waals surface area contributed by atoms with Crippen LogP contribution in [0.3, 0.4) is 0 Å². The van der Waals surface area contributed by atoms with E-state index in [1.54, 1.807) is 17.8 Å². The lowest BCUT2D eigenvalue weighted by Crippen LogP contribution is -2.76. The SMILES string of the molecule is COc1ccc2c3c1O[C@H](OC)C(=O)N3[C@]1(OC(C)=O)[C@@H]3O[C@@](C)(SCc4ccccc4)[C@@H]4C(=O)[C@]21CCN(C)CC[C@@H]43. The summed E-state index contributed by atoms with van der Waals surface area (Å²) in [6.45, 7) is 4.58. The number of ketones is 1. The van der Waals surface area contributed by atoms with Gasteiger partial charge in [0.1, 0.15) is 16.5 Å². The molecule has 1 aliphatic carbocycles. The molecule has 7 atom stereocenters. The molecule has 4 heterocycles. The average molecular weight is 609 g/mol. The van der Waals surface area contributed by atoms with Crippen LogP contribution in [0.15, 0.2) is 42.5 Å². The molecule has 2 saturated heterocycles. The molecule has 2 aromatic rings. The summed E-state index contributed by atoms with van der Waals surface area (Å²) in [5, 5.41) is 0. The molecular weight excluding hydrogens is 572 g/mol. The third-order valence-corrected chi connectivity index (χ3v) is 11.4. The van der Waals surface area contributed by atoms with Crippen LogP contribution in [-0.2, 0) is 39.8 Å². The fourth-order valence-corrected chi connectivity index (χ4v) is 9.56. The van der Waals surface area contributed by atoms with Gasteiger partial charge in [-0.1, -0.05) is 36.4 Å². The molecule has 0 radical (unpaired) electrons. The second-order valence-corrected chi connectivity index (χ2v) is 13.6. The Morgan fingerprint density at radius 3 is 2.58 bits per heavy atom. The van der Waals surface area contributed by atoms with Crippen molar-refractivity contribution in [3.05, 3.63) is 53.6 Å². The molecule has 228 valence electrons. The monoisotopic (exact) mass is 608 g/mol. The van der Waals surface area contributed by atoms with Crippen molar-refractivity contribution in [2.75, 3.05) is 39.3 Å². The lowest BCUT2D eigenvalue weighted by atomic mass is 9.55. The lowest BCUT2D eigenvalue weighted by molar-refractivity contribution is -0.204. The molecule has 3 fully saturated rings. The van der Waals surface area contributed by atoms with Crippen molar-refractivity contribution in [2.45, 2.75) is 60.9 Å². The molecule has 0 aromatic heterocycles. The van der Waals surface area contributed by atoms with Gasteiger partial charge in [0, 0.05) is 25.7 Å². The summed E-state index contributed by atoms with van der Waals surface area (Å²) in [4.78, 5) is 45.8. The number of thioether (sulfide) groups is 1. The van der Waals surface area contributed by atoms with E-state index in [0.29, 0.717) is 42.1 Å². The minimum atomic E-state index is -1.78. The molecule has 0 unspecified atom stereocenters. The molecular formula is C32H36N2O8S. The van der Waals surface area contributed by atoms with Crippen LogP contribution >= 0.6 is 11.8 Å². The van der Waals surface area contributed by atoms with E-state index in [-0.39, 0.29) is 17.5 Å². The number of esters is 1. The Kier molecular flexibility index (Phi) is 6.63. The van der Waals surface area contributed by atoms with Crippen LogP contribution in [0.2, 0.25) is 0 Å². The number of ether oxygens (including phenoxy) is 5. The van der Waals surface area contributed by atoms with Crippen molar-refractivity contribution in [2.24, 2.45) is 11.8 Å². The number of anilines is 1. The minimum Gasteiger partial charge on any atom is -0.493 e. The van der Waals surface area contributed by atoms with E-state index in [1.165, 1.54) is 26.0 Å². The molecule has 2 aromatic carbocycles. The summed E-state index contributed by atoms with van der Waals surface area (Å²) in [5.41, 5.74) is -1.11. The van der Waals surface area contributed by atoms with Crippen LogP contribution in [0.1, 0.15) is 37.8 Å². The molecule has 10 nitrogen and oxygen atoms in total. The van der Waals surface area contributed by atoms with Gasteiger partial charge in [-0.25, -0.2) is 0 Å². The summed E-state index contributed by atoms with van der Waals surface area (Å²) >= 11 is 1.59. The Hall–Kier alpha value is -3.12. The van der Waals surface area contributed by atoms with Crippen LogP contribution in [0.4, 0.5) is 5.69 Å². The average Bonchev–Trinajstić information content (AvgIpc) is 3.44. The van der Waals surface area contributed by atoms with E-state index in [4.69, 9.17) is 23.7 Å². The zero-order valence-electron chi connectivity index (χ0n) is 25.0. The molecule has 43 heavy (non-hydrogen) atoms. The topological polar surface area (TPSA) is 104 Å². The standard InChI is InChI=1S/C32H36N2O8S/c1-18(35)41-32-27-20-13-15-33(3)16-14-31(32,26(36)23(20)30(2,42-27)43-17-19-9-7-6-8-10-19)21-11-12-22(38-4)25-24(21)34(32)28(37)29(39-5)40-25/h6-12,20,23,27,29H,13-17H2,1-5H3/t20-,23-,27+,29-,30-,31-,32-/m0/s1. The van der Waals surface area contributed by atoms with Crippen molar-refractivity contribution in [1.29, 1.82) is 0 Å². The third kappa shape index (κ3) is 3.68. The highest BCUT2D eigenvalue weighted by molar-refractivity contribution is 7.99. The fourth-order valence-electron chi connectivity index (χ4n) is 8.28. The first kappa shape index (κ1) is 28.6. The molecule has 4 aliphatic heterocycles. The molecule has 0 N–H and O–H groups in total. The number of Topliss-reactive ketones (excluding diaryl/α,β-unsaturated/α-hetero) is 1. The van der Waals surface area contributed by atoms with E-state index >= 15 is 4.79 Å². The fraction of sp³-hybridized carbons (Fsp3) is 0.531. The first-order chi connectivity index (χ1) is 20.6. The highest BCUT2D eigenvalue weighted by atomic mass is 32.2. The van der Waals surface area contributed by atoms with Gasteiger partial charge in [-0.05, 0) is 57.1 Å². The van der Waals surface area contributed by atoms with Crippen LogP contribution < -0.4 is 14.4 Å². The van der Waals surface area contributed by atoms with E-state index in [1.807, 2.05) is 38.2 Å². The van der Waals surface area contributed by atoms with Crippen molar-refractivity contribution < 1.29 is 38.1 Å². The third-order valence-electron chi connectivity index (χ3n) is 10.0. The largest absolute Gasteiger partial charge is 0.493 e. The van der Waals surface area contributed by atoms with Gasteiger partial charge in [-0.3, -0.25) is 19.3 Å². The number of hydrogen-bond acceptors (Lipinski definition) is 10. The Morgan fingerprint density at radius 2 is 1.88 bits per heavy atom. The molecule has 7 rings (SSSR count). The van der Waals surface area contributed by atoms with E-state index < -0.39 is 46.3 Å². The quantitative estimate of drug-likeness (QED) is 0.453. The van der Waals surface area contributed by atoms with Crippen molar-refractivity contribution in [1.82, 2.24) is 4.90 Å². The van der Waals surface area contributed by atoms with Crippen molar-refractivity contribution in [3.63, 3.8) is 0 Å². The molecule has 1 spiro atoms. The highest BCUT2D eigenvalue weighted by Gasteiger charge is 2.84. The molecule has 5 aliphatic rings. The van der Waals surface area contributed by atoms with Gasteiger partial charge >= 0.3 is 5.97 Å². The number of fused-ring (bicyclic) bond motifs is 2. The van der Waals surface area contributed by atoms with Crippen LogP contribution in [-0.4, -0.2) is 80.0 Å². The number of amides is 1. The number of rotatable bonds is 6. The predicted molar refractivity (Wildman–Crippen MR) is 158 cm³/mol. The Morgan fingerprint density at radius 1 is 1.12 bits per heavy atom. The second-order valence-electron chi connectivity index (χ2n) is 12.2. The zero-order valence-corrected chi connectivity index (χ0v) is 25.8. The van der Waals surface area contributed by atoms with Crippen molar-refractivity contribution >= 4 is 35.1 Å². The summed E-state index contributed by atoms with van der Waals surface area (Å²) in [6.07, 6.45) is -1.17. The van der Waals surface area contributed by atoms with Gasteiger partial charge in [-0.2, -0.15) is 0 Å². The van der Waals surface area contributed by atoms with Gasteiger partial charge in [0.05, 0.1) is 18.7 Å². The Balaban J connectivity index is 1.50. The van der Waals surface area contributed by atoms with Gasteiger partial charge < -0.3 is 28.6 Å². The second kappa shape index (κ2) is 9.95. The van der Waals surface area contributed by atoms with Crippen LogP contribution in [0.25, 0.3) is 0 Å². The van der Waals surface area contributed by atoms with E-state index in [0.717, 1.165) is 12.1 Å². The van der Waals surface area contributed by atoms with E-state index in [2.05, 4.69) is 17.0 Å². The normalized spacial score (nSPS) is 35.9. The number of methoxy groups -OCH3 is 2. The van der Waals surface area contributed by atoms with Crippen LogP contribution in [0, 0.1) is 11.8 Å². The molecule has 1 saturated carbocycles. The van der Waals surface area contributed by atoms with Crippen LogP contribution in [0.5, 0.6) is 11.5 Å². The molecule has 1 amide bonds. The Labute approximate surface area is 254 Å². The number of carbonyl (C=O) groups excluding carboxylic acids is 3. The zero-order chi connectivity index (χ0) is 30.3. The number of carbonyl (C=O) groups is 3. The summed E-state index contributed by atoms with van der Waals surface area (Å²) in [7, 11) is 4.92. The summed E-state index contributed by atoms with van der Waals surface area (Å²) in [6, 6.07) is 13.6. The maximum Gasteiger partial charge on any atom is 0.304 e. The number of hydrogen-bond donors (Lipinski definition) is 0. The summed E-state index contributed by atoms with van der Waals surface area (Å²) in [5.74, 6) is -0.765. The minimum absolute atomic E-state index is 0.0746. The maximum absolute atomic E-state index is 15.5. The Bertz CT molecular complexity index is 1500. The number of nitrogens with zero attached hydrogens (tertiary/aromatic N) is 2. The van der Waals surface area contributed by atoms with Crippen molar-refractivity contribution in [3.8, 4) is 11.5 Å². The van der Waals surface area contributed by atoms with Gasteiger partial charge in [0.15, 0.2) is 17.3 Å². The highest BCUT2D eigenvalue weighted by Crippen LogP contribution is 2.71.